The second-order valence-corrected chi connectivity index (χ2v) is 7.10. The number of nitrogens with zero attached hydrogens (tertiary/aromatic N) is 5. The maximum atomic E-state index is 14.7. The zero-order valence-electron chi connectivity index (χ0n) is 15.0. The SMILES string of the molecule is N#CC1(c2cc(F)c(-c3cc4cnn(CC(F)(F)C(F)(F)F)c4cn3)[n+](O)c2)CC1. The van der Waals surface area contributed by atoms with Gasteiger partial charge >= 0.3 is 17.8 Å². The highest BCUT2D eigenvalue weighted by Crippen LogP contribution is 2.47. The summed E-state index contributed by atoms with van der Waals surface area (Å²) in [4.78, 5) is 3.88. The van der Waals surface area contributed by atoms with E-state index in [0.29, 0.717) is 27.8 Å². The minimum Gasteiger partial charge on any atom is -0.284 e. The third-order valence-electron chi connectivity index (χ3n) is 5.05. The molecule has 1 fully saturated rings. The Morgan fingerprint density at radius 3 is 2.47 bits per heavy atom. The molecule has 4 rings (SSSR count). The Morgan fingerprint density at radius 1 is 1.20 bits per heavy atom. The molecule has 3 heterocycles. The number of nitriles is 1. The monoisotopic (exact) mass is 428 g/mol. The van der Waals surface area contributed by atoms with Crippen molar-refractivity contribution in [2.45, 2.75) is 36.9 Å². The maximum Gasteiger partial charge on any atom is 0.455 e. The van der Waals surface area contributed by atoms with Crippen molar-refractivity contribution in [3.05, 3.63) is 42.1 Å². The lowest BCUT2D eigenvalue weighted by Crippen LogP contribution is -2.40. The van der Waals surface area contributed by atoms with Gasteiger partial charge in [-0.15, -0.1) is 0 Å². The fourth-order valence-electron chi connectivity index (χ4n) is 3.15. The van der Waals surface area contributed by atoms with Gasteiger partial charge in [-0.1, -0.05) is 0 Å². The molecule has 3 aromatic heterocycles. The summed E-state index contributed by atoms with van der Waals surface area (Å²) in [6.07, 6.45) is -1.48. The first kappa shape index (κ1) is 19.9. The summed E-state index contributed by atoms with van der Waals surface area (Å²) in [5, 5.41) is 23.1. The summed E-state index contributed by atoms with van der Waals surface area (Å²) in [6, 6.07) is 4.39. The number of rotatable bonds is 4. The second kappa shape index (κ2) is 6.32. The number of aromatic nitrogens is 4. The van der Waals surface area contributed by atoms with E-state index in [1.807, 2.05) is 0 Å². The average molecular weight is 428 g/mol. The van der Waals surface area contributed by atoms with Gasteiger partial charge in [-0.05, 0) is 25.0 Å². The van der Waals surface area contributed by atoms with Gasteiger partial charge in [0.2, 0.25) is 12.0 Å². The van der Waals surface area contributed by atoms with Gasteiger partial charge in [0, 0.05) is 15.7 Å². The van der Waals surface area contributed by atoms with E-state index in [0.717, 1.165) is 18.5 Å². The summed E-state index contributed by atoms with van der Waals surface area (Å²) in [5.74, 6) is -5.88. The molecule has 1 N–H and O–H groups in total. The van der Waals surface area contributed by atoms with Gasteiger partial charge in [-0.2, -0.15) is 36.7 Å². The molecule has 0 radical (unpaired) electrons. The molecule has 0 amide bonds. The Bertz CT molecular complexity index is 1170. The van der Waals surface area contributed by atoms with E-state index < -0.39 is 29.9 Å². The summed E-state index contributed by atoms with van der Waals surface area (Å²) < 4.78 is 79.6. The maximum absolute atomic E-state index is 14.7. The highest BCUT2D eigenvalue weighted by molar-refractivity contribution is 5.81. The molecule has 1 saturated carbocycles. The molecule has 1 aliphatic rings. The quantitative estimate of drug-likeness (QED) is 0.392. The van der Waals surface area contributed by atoms with Crippen LogP contribution in [0.3, 0.4) is 0 Å². The number of fused-ring (bicyclic) bond motifs is 1. The Hall–Kier alpha value is -3.36. The minimum absolute atomic E-state index is 0.0991. The predicted molar refractivity (Wildman–Crippen MR) is 87.8 cm³/mol. The number of pyridine rings is 2. The van der Waals surface area contributed by atoms with Gasteiger partial charge < -0.3 is 0 Å². The molecule has 0 atom stereocenters. The largest absolute Gasteiger partial charge is 0.455 e. The predicted octanol–water partition coefficient (Wildman–Crippen LogP) is 3.51. The van der Waals surface area contributed by atoms with E-state index in [1.165, 1.54) is 12.3 Å². The van der Waals surface area contributed by atoms with E-state index in [2.05, 4.69) is 16.2 Å². The van der Waals surface area contributed by atoms with E-state index in [-0.39, 0.29) is 22.3 Å². The zero-order chi connectivity index (χ0) is 21.9. The Balaban J connectivity index is 1.71. The highest BCUT2D eigenvalue weighted by Gasteiger charge is 2.58. The molecule has 1 aliphatic carbocycles. The number of alkyl halides is 5. The molecule has 0 saturated heterocycles. The Morgan fingerprint density at radius 2 is 1.90 bits per heavy atom. The van der Waals surface area contributed by atoms with E-state index in [1.54, 1.807) is 0 Å². The van der Waals surface area contributed by atoms with Crippen molar-refractivity contribution in [3.63, 3.8) is 0 Å². The van der Waals surface area contributed by atoms with Crippen LogP contribution in [-0.2, 0) is 12.0 Å². The second-order valence-electron chi connectivity index (χ2n) is 7.10. The third-order valence-corrected chi connectivity index (χ3v) is 5.05. The molecular weight excluding hydrogens is 416 g/mol. The van der Waals surface area contributed by atoms with Crippen LogP contribution in [0.5, 0.6) is 0 Å². The van der Waals surface area contributed by atoms with Crippen LogP contribution in [0, 0.1) is 17.1 Å². The van der Waals surface area contributed by atoms with E-state index >= 15 is 0 Å². The van der Waals surface area contributed by atoms with Crippen molar-refractivity contribution in [2.24, 2.45) is 0 Å². The van der Waals surface area contributed by atoms with Crippen molar-refractivity contribution < 1.29 is 36.3 Å². The molecule has 156 valence electrons. The van der Waals surface area contributed by atoms with Crippen LogP contribution in [0.1, 0.15) is 18.4 Å². The molecule has 0 aromatic carbocycles. The minimum atomic E-state index is -5.74. The van der Waals surface area contributed by atoms with Crippen LogP contribution in [-0.4, -0.2) is 32.1 Å². The highest BCUT2D eigenvalue weighted by atomic mass is 19.4. The summed E-state index contributed by atoms with van der Waals surface area (Å²) in [5.41, 5.74) is -1.12. The topological polar surface area (TPSA) is 78.6 Å². The summed E-state index contributed by atoms with van der Waals surface area (Å²) in [7, 11) is 0. The van der Waals surface area contributed by atoms with Crippen LogP contribution in [0.25, 0.3) is 22.3 Å². The van der Waals surface area contributed by atoms with Crippen LogP contribution < -0.4 is 4.73 Å². The standard InChI is InChI=1S/C18H12F6N5O/c19-12-4-11(16(8-25)1-2-16)7-29(30)15(12)13-3-10-5-27-28(14(10)6-26-13)9-17(20,21)18(22,23)24/h3-7,30H,1-2,9H2/q+1. The van der Waals surface area contributed by atoms with Gasteiger partial charge in [-0.25, -0.2) is 4.98 Å². The van der Waals surface area contributed by atoms with Crippen LogP contribution >= 0.6 is 0 Å². The van der Waals surface area contributed by atoms with Crippen molar-refractivity contribution in [2.75, 3.05) is 0 Å². The van der Waals surface area contributed by atoms with Gasteiger partial charge in [0.15, 0.2) is 0 Å². The van der Waals surface area contributed by atoms with Crippen molar-refractivity contribution >= 4 is 10.9 Å². The van der Waals surface area contributed by atoms with E-state index in [4.69, 9.17) is 0 Å². The third kappa shape index (κ3) is 3.10. The Kier molecular flexibility index (Phi) is 4.20. The van der Waals surface area contributed by atoms with Crippen molar-refractivity contribution in [1.29, 1.82) is 5.26 Å². The average Bonchev–Trinajstić information content (AvgIpc) is 3.37. The fraction of sp³-hybridized carbons (Fsp3) is 0.333. The van der Waals surface area contributed by atoms with Gasteiger partial charge in [0.05, 0.1) is 29.4 Å². The Labute approximate surface area is 164 Å². The fourth-order valence-corrected chi connectivity index (χ4v) is 3.15. The molecule has 30 heavy (non-hydrogen) atoms. The molecular formula is C18H12F6N5O+. The number of hydrogen-bond donors (Lipinski definition) is 1. The van der Waals surface area contributed by atoms with Gasteiger partial charge in [0.1, 0.15) is 12.2 Å². The molecule has 0 unspecified atom stereocenters. The molecule has 3 aromatic rings. The zero-order valence-corrected chi connectivity index (χ0v) is 15.0. The van der Waals surface area contributed by atoms with Gasteiger partial charge in [0.25, 0.3) is 0 Å². The van der Waals surface area contributed by atoms with E-state index in [9.17, 15) is 36.8 Å². The summed E-state index contributed by atoms with van der Waals surface area (Å²) >= 11 is 0. The molecule has 6 nitrogen and oxygen atoms in total. The number of hydrogen-bond acceptors (Lipinski definition) is 4. The first-order chi connectivity index (χ1) is 14.0. The molecule has 12 heteroatoms. The lowest BCUT2D eigenvalue weighted by molar-refractivity contribution is -0.897. The van der Waals surface area contributed by atoms with Gasteiger partial charge in [-0.3, -0.25) is 9.89 Å². The summed E-state index contributed by atoms with van der Waals surface area (Å²) in [6.45, 7) is -1.74. The molecule has 0 spiro atoms. The van der Waals surface area contributed by atoms with Crippen LogP contribution in [0.15, 0.2) is 30.7 Å². The lowest BCUT2D eigenvalue weighted by Gasteiger charge is -2.19. The number of halogens is 6. The van der Waals surface area contributed by atoms with Crippen LogP contribution in [0.4, 0.5) is 26.3 Å². The molecule has 0 aliphatic heterocycles. The first-order valence-electron chi connectivity index (χ1n) is 8.60. The lowest BCUT2D eigenvalue weighted by atomic mass is 9.99. The smallest absolute Gasteiger partial charge is 0.284 e. The first-order valence-corrected chi connectivity index (χ1v) is 8.60. The normalized spacial score (nSPS) is 15.9. The van der Waals surface area contributed by atoms with Crippen molar-refractivity contribution in [1.82, 2.24) is 14.8 Å². The van der Waals surface area contributed by atoms with Crippen LogP contribution in [0.2, 0.25) is 0 Å². The molecule has 0 bridgehead atoms. The van der Waals surface area contributed by atoms with Crippen molar-refractivity contribution in [3.8, 4) is 17.5 Å².